The molecule has 3 rings (SSSR count). The molecule has 0 unspecified atom stereocenters. The first-order valence-electron chi connectivity index (χ1n) is 7.03. The van der Waals surface area contributed by atoms with E-state index in [1.54, 1.807) is 0 Å². The quantitative estimate of drug-likeness (QED) is 0.558. The highest BCUT2D eigenvalue weighted by atomic mass is 32.2. The van der Waals surface area contributed by atoms with E-state index in [-0.39, 0.29) is 10.9 Å². The van der Waals surface area contributed by atoms with Crippen molar-refractivity contribution in [3.63, 3.8) is 0 Å². The summed E-state index contributed by atoms with van der Waals surface area (Å²) in [6.07, 6.45) is 4.81. The number of nitriles is 1. The largest absolute Gasteiger partial charge is 0.198 e. The van der Waals surface area contributed by atoms with E-state index in [2.05, 4.69) is 66.1 Å². The summed E-state index contributed by atoms with van der Waals surface area (Å²) in [6, 6.07) is 19.6. The van der Waals surface area contributed by atoms with Gasteiger partial charge < -0.3 is 0 Å². The van der Waals surface area contributed by atoms with Crippen molar-refractivity contribution in [2.75, 3.05) is 0 Å². The first-order valence-corrected chi connectivity index (χ1v) is 9.13. The number of nitrogens with zero attached hydrogens (tertiary/aromatic N) is 1. The molecule has 1 nitrogen and oxygen atoms in total. The SMILES string of the molecule is N#CCCCC=C[S+]1c2ccccc2Sc2ccccc21. The first-order chi connectivity index (χ1) is 10.4. The molecule has 1 aliphatic rings. The summed E-state index contributed by atoms with van der Waals surface area (Å²) >= 11 is 1.86. The molecule has 0 bridgehead atoms. The Morgan fingerprint density at radius 3 is 2.24 bits per heavy atom. The topological polar surface area (TPSA) is 23.8 Å². The summed E-state index contributed by atoms with van der Waals surface area (Å²) in [5.74, 6) is 0. The lowest BCUT2D eigenvalue weighted by atomic mass is 10.2. The summed E-state index contributed by atoms with van der Waals surface area (Å²) in [5.41, 5.74) is 0. The Hall–Kier alpha value is -1.63. The average Bonchev–Trinajstić information content (AvgIpc) is 2.53. The lowest BCUT2D eigenvalue weighted by Crippen LogP contribution is -2.07. The van der Waals surface area contributed by atoms with E-state index in [1.807, 2.05) is 11.8 Å². The molecule has 0 amide bonds. The molecule has 0 N–H and O–H groups in total. The normalized spacial score (nSPS) is 13.7. The second-order valence-corrected chi connectivity index (χ2v) is 7.67. The molecule has 1 heterocycles. The van der Waals surface area contributed by atoms with Crippen molar-refractivity contribution in [2.45, 2.75) is 38.8 Å². The minimum Gasteiger partial charge on any atom is -0.198 e. The Kier molecular flexibility index (Phi) is 4.69. The molecule has 0 aromatic heterocycles. The van der Waals surface area contributed by atoms with Crippen LogP contribution in [0.1, 0.15) is 19.3 Å². The number of unbranched alkanes of at least 4 members (excludes halogenated alkanes) is 2. The Bertz CT molecular complexity index is 655. The molecule has 0 saturated carbocycles. The summed E-state index contributed by atoms with van der Waals surface area (Å²) in [6.45, 7) is 0. The van der Waals surface area contributed by atoms with Crippen molar-refractivity contribution in [2.24, 2.45) is 0 Å². The predicted molar refractivity (Wildman–Crippen MR) is 89.5 cm³/mol. The summed E-state index contributed by atoms with van der Waals surface area (Å²) in [5, 5.41) is 10.9. The average molecular weight is 310 g/mol. The molecule has 0 fully saturated rings. The van der Waals surface area contributed by atoms with Gasteiger partial charge in [-0.3, -0.25) is 0 Å². The van der Waals surface area contributed by atoms with Crippen molar-refractivity contribution >= 4 is 22.7 Å². The molecule has 2 aromatic carbocycles. The lowest BCUT2D eigenvalue weighted by molar-refractivity contribution is 0.877. The Balaban J connectivity index is 1.90. The highest BCUT2D eigenvalue weighted by Gasteiger charge is 2.33. The third-order valence-electron chi connectivity index (χ3n) is 3.28. The molecule has 0 saturated heterocycles. The molecule has 0 spiro atoms. The van der Waals surface area contributed by atoms with E-state index in [9.17, 15) is 0 Å². The number of benzene rings is 2. The summed E-state index contributed by atoms with van der Waals surface area (Å²) in [7, 11) is 0.0158. The van der Waals surface area contributed by atoms with Crippen LogP contribution in [0.25, 0.3) is 0 Å². The maximum atomic E-state index is 8.60. The van der Waals surface area contributed by atoms with Crippen LogP contribution in [0.5, 0.6) is 0 Å². The monoisotopic (exact) mass is 310 g/mol. The van der Waals surface area contributed by atoms with Crippen molar-refractivity contribution in [1.29, 1.82) is 5.26 Å². The van der Waals surface area contributed by atoms with Crippen molar-refractivity contribution in [3.05, 3.63) is 60.0 Å². The maximum absolute atomic E-state index is 8.60. The van der Waals surface area contributed by atoms with Gasteiger partial charge in [-0.1, -0.05) is 36.0 Å². The molecule has 2 aromatic rings. The van der Waals surface area contributed by atoms with Gasteiger partial charge in [0.15, 0.2) is 9.79 Å². The van der Waals surface area contributed by atoms with Crippen molar-refractivity contribution < 1.29 is 0 Å². The molecular weight excluding hydrogens is 294 g/mol. The fourth-order valence-electron chi connectivity index (χ4n) is 2.28. The van der Waals surface area contributed by atoms with Crippen LogP contribution in [0.4, 0.5) is 0 Å². The molecular formula is C18H16NS2+. The van der Waals surface area contributed by atoms with Crippen molar-refractivity contribution in [3.8, 4) is 6.07 Å². The number of allylic oxidation sites excluding steroid dienone is 1. The lowest BCUT2D eigenvalue weighted by Gasteiger charge is -2.16. The van der Waals surface area contributed by atoms with Gasteiger partial charge in [-0.25, -0.2) is 0 Å². The standard InChI is InChI=1S/C18H16NS2/c19-13-7-1-2-8-14-21-17-11-5-3-9-15(17)20-16-10-4-6-12-18(16)21/h3-6,8-12,14H,1-2,7H2/q+1. The van der Waals surface area contributed by atoms with Crippen LogP contribution in [0.15, 0.2) is 79.6 Å². The zero-order chi connectivity index (χ0) is 14.5. The van der Waals surface area contributed by atoms with Crippen LogP contribution in [-0.4, -0.2) is 0 Å². The van der Waals surface area contributed by atoms with Crippen LogP contribution in [0.2, 0.25) is 0 Å². The van der Waals surface area contributed by atoms with Crippen LogP contribution in [0.3, 0.4) is 0 Å². The molecule has 21 heavy (non-hydrogen) atoms. The number of hydrogen-bond acceptors (Lipinski definition) is 2. The van der Waals surface area contributed by atoms with Gasteiger partial charge in [0.1, 0.15) is 5.41 Å². The fourth-order valence-corrected chi connectivity index (χ4v) is 5.81. The van der Waals surface area contributed by atoms with Gasteiger partial charge in [0, 0.05) is 6.42 Å². The van der Waals surface area contributed by atoms with Gasteiger partial charge in [0.05, 0.1) is 26.8 Å². The van der Waals surface area contributed by atoms with E-state index in [4.69, 9.17) is 5.26 Å². The van der Waals surface area contributed by atoms with E-state index in [0.29, 0.717) is 6.42 Å². The van der Waals surface area contributed by atoms with E-state index in [0.717, 1.165) is 12.8 Å². The summed E-state index contributed by atoms with van der Waals surface area (Å²) < 4.78 is 0. The zero-order valence-corrected chi connectivity index (χ0v) is 13.3. The number of fused-ring (bicyclic) bond motifs is 2. The third-order valence-corrected chi connectivity index (χ3v) is 6.82. The van der Waals surface area contributed by atoms with Gasteiger partial charge in [-0.2, -0.15) is 5.26 Å². The highest BCUT2D eigenvalue weighted by Crippen LogP contribution is 2.45. The van der Waals surface area contributed by atoms with E-state index < -0.39 is 0 Å². The van der Waals surface area contributed by atoms with E-state index in [1.165, 1.54) is 19.6 Å². The van der Waals surface area contributed by atoms with Crippen LogP contribution < -0.4 is 0 Å². The zero-order valence-electron chi connectivity index (χ0n) is 11.7. The number of rotatable bonds is 4. The van der Waals surface area contributed by atoms with Crippen LogP contribution in [0, 0.1) is 11.3 Å². The Labute approximate surface area is 133 Å². The highest BCUT2D eigenvalue weighted by molar-refractivity contribution is 8.05. The van der Waals surface area contributed by atoms with E-state index >= 15 is 0 Å². The van der Waals surface area contributed by atoms with Gasteiger partial charge in [0.2, 0.25) is 0 Å². The van der Waals surface area contributed by atoms with Gasteiger partial charge in [-0.15, -0.1) is 0 Å². The maximum Gasteiger partial charge on any atom is 0.179 e. The molecule has 104 valence electrons. The van der Waals surface area contributed by atoms with Crippen LogP contribution >= 0.6 is 11.8 Å². The third kappa shape index (κ3) is 3.18. The predicted octanol–water partition coefficient (Wildman–Crippen LogP) is 5.40. The van der Waals surface area contributed by atoms with Gasteiger partial charge in [0.25, 0.3) is 0 Å². The Morgan fingerprint density at radius 1 is 1.00 bits per heavy atom. The van der Waals surface area contributed by atoms with Gasteiger partial charge >= 0.3 is 0 Å². The fraction of sp³-hybridized carbons (Fsp3) is 0.167. The molecule has 3 heteroatoms. The van der Waals surface area contributed by atoms with Crippen LogP contribution in [-0.2, 0) is 10.9 Å². The minimum absolute atomic E-state index is 0.0158. The Morgan fingerprint density at radius 2 is 1.62 bits per heavy atom. The second kappa shape index (κ2) is 6.89. The summed E-state index contributed by atoms with van der Waals surface area (Å²) in [4.78, 5) is 5.55. The molecule has 0 atom stereocenters. The molecule has 0 radical (unpaired) electrons. The smallest absolute Gasteiger partial charge is 0.179 e. The molecule has 0 aliphatic carbocycles. The minimum atomic E-state index is 0.0158. The number of hydrogen-bond donors (Lipinski definition) is 0. The second-order valence-electron chi connectivity index (χ2n) is 4.76. The van der Waals surface area contributed by atoms with Gasteiger partial charge in [-0.05, 0) is 43.2 Å². The molecule has 1 aliphatic heterocycles. The first kappa shape index (κ1) is 14.3. The van der Waals surface area contributed by atoms with Crippen molar-refractivity contribution in [1.82, 2.24) is 0 Å².